The van der Waals surface area contributed by atoms with E-state index in [2.05, 4.69) is 10.6 Å². The summed E-state index contributed by atoms with van der Waals surface area (Å²) < 4.78 is 0. The van der Waals surface area contributed by atoms with Gasteiger partial charge in [-0.05, 0) is 30.2 Å². The predicted octanol–water partition coefficient (Wildman–Crippen LogP) is 3.88. The van der Waals surface area contributed by atoms with Crippen LogP contribution in [0.1, 0.15) is 12.0 Å². The first-order chi connectivity index (χ1) is 11.5. The molecule has 24 heavy (non-hydrogen) atoms. The number of halogens is 2. The number of rotatable bonds is 5. The standard InChI is InChI=1S/C18H16Cl2N2O2/c19-12-6-7-15(20)16(8-12)22-18(24)14-9-13(14)17(23)21-10-11-4-2-1-3-5-11/h1-8,13-14H,9-10H2,(H,21,23)(H,22,24). The Labute approximate surface area is 150 Å². The summed E-state index contributed by atoms with van der Waals surface area (Å²) in [6.07, 6.45) is 0.546. The van der Waals surface area contributed by atoms with Crippen molar-refractivity contribution in [2.75, 3.05) is 5.32 Å². The molecule has 0 heterocycles. The number of carbonyl (C=O) groups is 2. The Balaban J connectivity index is 1.52. The van der Waals surface area contributed by atoms with Gasteiger partial charge in [0.1, 0.15) is 0 Å². The molecule has 2 N–H and O–H groups in total. The Bertz CT molecular complexity index is 765. The molecule has 6 heteroatoms. The maximum atomic E-state index is 12.2. The van der Waals surface area contributed by atoms with E-state index in [4.69, 9.17) is 23.2 Å². The highest BCUT2D eigenvalue weighted by atomic mass is 35.5. The van der Waals surface area contributed by atoms with Crippen LogP contribution in [0.4, 0.5) is 5.69 Å². The van der Waals surface area contributed by atoms with Crippen LogP contribution in [0.3, 0.4) is 0 Å². The van der Waals surface area contributed by atoms with Gasteiger partial charge in [0.2, 0.25) is 11.8 Å². The number of amides is 2. The lowest BCUT2D eigenvalue weighted by Gasteiger charge is -2.08. The molecule has 124 valence electrons. The zero-order chi connectivity index (χ0) is 17.1. The highest BCUT2D eigenvalue weighted by Gasteiger charge is 2.48. The Morgan fingerprint density at radius 1 is 1.00 bits per heavy atom. The number of benzene rings is 2. The third kappa shape index (κ3) is 4.08. The van der Waals surface area contributed by atoms with Crippen LogP contribution < -0.4 is 10.6 Å². The fourth-order valence-electron chi connectivity index (χ4n) is 2.51. The van der Waals surface area contributed by atoms with Crippen molar-refractivity contribution >= 4 is 40.7 Å². The molecule has 1 aliphatic rings. The number of hydrogen-bond donors (Lipinski definition) is 2. The summed E-state index contributed by atoms with van der Waals surface area (Å²) in [6, 6.07) is 14.5. The molecule has 4 nitrogen and oxygen atoms in total. The van der Waals surface area contributed by atoms with Crippen molar-refractivity contribution in [2.24, 2.45) is 11.8 Å². The summed E-state index contributed by atoms with van der Waals surface area (Å²) in [4.78, 5) is 24.4. The number of hydrogen-bond acceptors (Lipinski definition) is 2. The third-order valence-corrected chi connectivity index (χ3v) is 4.52. The normalized spacial score (nSPS) is 18.8. The van der Waals surface area contributed by atoms with E-state index in [1.54, 1.807) is 18.2 Å². The smallest absolute Gasteiger partial charge is 0.228 e. The van der Waals surface area contributed by atoms with Crippen LogP contribution in [0, 0.1) is 11.8 Å². The first kappa shape index (κ1) is 16.8. The Morgan fingerprint density at radius 2 is 1.71 bits per heavy atom. The van der Waals surface area contributed by atoms with E-state index in [-0.39, 0.29) is 23.7 Å². The van der Waals surface area contributed by atoms with Crippen molar-refractivity contribution < 1.29 is 9.59 Å². The second-order valence-corrected chi connectivity index (χ2v) is 6.61. The lowest BCUT2D eigenvalue weighted by Crippen LogP contribution is -2.27. The summed E-state index contributed by atoms with van der Waals surface area (Å²) in [5, 5.41) is 6.50. The monoisotopic (exact) mass is 362 g/mol. The van der Waals surface area contributed by atoms with E-state index in [0.717, 1.165) is 5.56 Å². The topological polar surface area (TPSA) is 58.2 Å². The van der Waals surface area contributed by atoms with Crippen LogP contribution in [0.25, 0.3) is 0 Å². The molecule has 2 aromatic carbocycles. The van der Waals surface area contributed by atoms with Crippen LogP contribution >= 0.6 is 23.2 Å². The van der Waals surface area contributed by atoms with E-state index in [0.29, 0.717) is 28.7 Å². The molecule has 1 saturated carbocycles. The molecular weight excluding hydrogens is 347 g/mol. The minimum atomic E-state index is -0.323. The first-order valence-corrected chi connectivity index (χ1v) is 8.38. The molecular formula is C18H16Cl2N2O2. The van der Waals surface area contributed by atoms with Gasteiger partial charge < -0.3 is 10.6 Å². The summed E-state index contributed by atoms with van der Waals surface area (Å²) >= 11 is 11.9. The second-order valence-electron chi connectivity index (χ2n) is 5.77. The summed E-state index contributed by atoms with van der Waals surface area (Å²) in [5.41, 5.74) is 1.49. The molecule has 3 rings (SSSR count). The van der Waals surface area contributed by atoms with Crippen molar-refractivity contribution in [1.29, 1.82) is 0 Å². The van der Waals surface area contributed by atoms with E-state index < -0.39 is 0 Å². The molecule has 1 aliphatic carbocycles. The van der Waals surface area contributed by atoms with Crippen molar-refractivity contribution in [1.82, 2.24) is 5.32 Å². The van der Waals surface area contributed by atoms with E-state index in [9.17, 15) is 9.59 Å². The van der Waals surface area contributed by atoms with Gasteiger partial charge in [0.05, 0.1) is 22.5 Å². The summed E-state index contributed by atoms with van der Waals surface area (Å²) in [7, 11) is 0. The lowest BCUT2D eigenvalue weighted by atomic mass is 10.2. The molecule has 2 aromatic rings. The lowest BCUT2D eigenvalue weighted by molar-refractivity contribution is -0.125. The van der Waals surface area contributed by atoms with Gasteiger partial charge >= 0.3 is 0 Å². The Hall–Kier alpha value is -2.04. The van der Waals surface area contributed by atoms with E-state index in [1.807, 2.05) is 30.3 Å². The Kier molecular flexibility index (Phi) is 5.07. The van der Waals surface area contributed by atoms with Gasteiger partial charge in [-0.3, -0.25) is 9.59 Å². The minimum Gasteiger partial charge on any atom is -0.352 e. The molecule has 2 atom stereocenters. The first-order valence-electron chi connectivity index (χ1n) is 7.62. The van der Waals surface area contributed by atoms with E-state index in [1.165, 1.54) is 0 Å². The van der Waals surface area contributed by atoms with Crippen LogP contribution in [-0.2, 0) is 16.1 Å². The maximum absolute atomic E-state index is 12.2. The van der Waals surface area contributed by atoms with Crippen molar-refractivity contribution in [2.45, 2.75) is 13.0 Å². The van der Waals surface area contributed by atoms with Gasteiger partial charge in [-0.1, -0.05) is 53.5 Å². The highest BCUT2D eigenvalue weighted by Crippen LogP contribution is 2.40. The molecule has 0 bridgehead atoms. The van der Waals surface area contributed by atoms with E-state index >= 15 is 0 Å². The zero-order valence-electron chi connectivity index (χ0n) is 12.8. The molecule has 0 aliphatic heterocycles. The largest absolute Gasteiger partial charge is 0.352 e. The number of anilines is 1. The van der Waals surface area contributed by atoms with Crippen LogP contribution in [0.5, 0.6) is 0 Å². The number of carbonyl (C=O) groups excluding carboxylic acids is 2. The molecule has 1 fully saturated rings. The van der Waals surface area contributed by atoms with Crippen LogP contribution in [0.2, 0.25) is 10.0 Å². The van der Waals surface area contributed by atoms with Gasteiger partial charge in [-0.25, -0.2) is 0 Å². The van der Waals surface area contributed by atoms with Crippen LogP contribution in [0.15, 0.2) is 48.5 Å². The zero-order valence-corrected chi connectivity index (χ0v) is 14.3. The molecule has 2 unspecified atom stereocenters. The quantitative estimate of drug-likeness (QED) is 0.847. The molecule has 0 radical (unpaired) electrons. The van der Waals surface area contributed by atoms with Crippen molar-refractivity contribution in [3.8, 4) is 0 Å². The fraction of sp³-hybridized carbons (Fsp3) is 0.222. The predicted molar refractivity (Wildman–Crippen MR) is 95.0 cm³/mol. The second kappa shape index (κ2) is 7.24. The summed E-state index contributed by atoms with van der Waals surface area (Å²) in [6.45, 7) is 0.463. The average Bonchev–Trinajstić information content (AvgIpc) is 3.38. The highest BCUT2D eigenvalue weighted by molar-refractivity contribution is 6.35. The molecule has 0 saturated heterocycles. The fourth-order valence-corrected chi connectivity index (χ4v) is 2.85. The van der Waals surface area contributed by atoms with Crippen molar-refractivity contribution in [3.05, 3.63) is 64.1 Å². The van der Waals surface area contributed by atoms with Crippen molar-refractivity contribution in [3.63, 3.8) is 0 Å². The molecule has 0 aromatic heterocycles. The maximum Gasteiger partial charge on any atom is 0.228 e. The number of nitrogens with one attached hydrogen (secondary N) is 2. The summed E-state index contributed by atoms with van der Waals surface area (Å²) in [5.74, 6) is -0.919. The van der Waals surface area contributed by atoms with Gasteiger partial charge in [-0.15, -0.1) is 0 Å². The van der Waals surface area contributed by atoms with Crippen LogP contribution in [-0.4, -0.2) is 11.8 Å². The minimum absolute atomic E-state index is 0.101. The average molecular weight is 363 g/mol. The third-order valence-electron chi connectivity index (χ3n) is 3.96. The Morgan fingerprint density at radius 3 is 2.46 bits per heavy atom. The van der Waals surface area contributed by atoms with Gasteiger partial charge in [0, 0.05) is 11.6 Å². The molecule has 0 spiro atoms. The van der Waals surface area contributed by atoms with Gasteiger partial charge in [0.15, 0.2) is 0 Å². The SMILES string of the molecule is O=C(NCc1ccccc1)C1CC1C(=O)Nc1cc(Cl)ccc1Cl. The molecule has 2 amide bonds. The van der Waals surface area contributed by atoms with Gasteiger partial charge in [-0.2, -0.15) is 0 Å². The van der Waals surface area contributed by atoms with Gasteiger partial charge in [0.25, 0.3) is 0 Å².